The van der Waals surface area contributed by atoms with Crippen molar-refractivity contribution in [2.24, 2.45) is 5.92 Å². The van der Waals surface area contributed by atoms with E-state index < -0.39 is 10.0 Å². The second-order valence-electron chi connectivity index (χ2n) is 8.32. The molecule has 2 aromatic carbocycles. The summed E-state index contributed by atoms with van der Waals surface area (Å²) in [6.45, 7) is 0.680. The van der Waals surface area contributed by atoms with E-state index in [0.717, 1.165) is 19.3 Å². The number of nitrogens with zero attached hydrogens (tertiary/aromatic N) is 1. The maximum absolute atomic E-state index is 12.9. The number of halogens is 2. The summed E-state index contributed by atoms with van der Waals surface area (Å²) in [5.74, 6) is -0.308. The molecule has 1 fully saturated rings. The van der Waals surface area contributed by atoms with Crippen LogP contribution in [0.1, 0.15) is 48.4 Å². The molecule has 1 unspecified atom stereocenters. The first-order valence-corrected chi connectivity index (χ1v) is 13.0. The van der Waals surface area contributed by atoms with E-state index in [1.54, 1.807) is 18.2 Å². The second kappa shape index (κ2) is 9.49. The van der Waals surface area contributed by atoms with Gasteiger partial charge >= 0.3 is 0 Å². The molecular weight excluding hydrogens is 455 g/mol. The van der Waals surface area contributed by atoms with Crippen LogP contribution in [0.15, 0.2) is 42.5 Å². The van der Waals surface area contributed by atoms with Crippen LogP contribution in [-0.2, 0) is 27.0 Å². The minimum Gasteiger partial charge on any atom is -0.349 e. The van der Waals surface area contributed by atoms with Gasteiger partial charge in [0.2, 0.25) is 15.9 Å². The molecule has 0 radical (unpaired) electrons. The van der Waals surface area contributed by atoms with E-state index in [1.807, 2.05) is 12.1 Å². The van der Waals surface area contributed by atoms with Crippen LogP contribution in [0.25, 0.3) is 0 Å². The van der Waals surface area contributed by atoms with Gasteiger partial charge in [-0.2, -0.15) is 0 Å². The number of carbonyl (C=O) groups is 1. The highest BCUT2D eigenvalue weighted by Crippen LogP contribution is 2.31. The lowest BCUT2D eigenvalue weighted by atomic mass is 9.87. The van der Waals surface area contributed by atoms with E-state index >= 15 is 0 Å². The van der Waals surface area contributed by atoms with Crippen molar-refractivity contribution < 1.29 is 13.2 Å². The second-order valence-corrected chi connectivity index (χ2v) is 11.1. The van der Waals surface area contributed by atoms with Crippen LogP contribution in [0, 0.1) is 5.92 Å². The molecule has 1 heterocycles. The molecule has 0 aromatic heterocycles. The van der Waals surface area contributed by atoms with Gasteiger partial charge in [0.1, 0.15) is 0 Å². The van der Waals surface area contributed by atoms with E-state index in [4.69, 9.17) is 23.2 Å². The van der Waals surface area contributed by atoms with Gasteiger partial charge in [-0.3, -0.25) is 4.79 Å². The lowest BCUT2D eigenvalue weighted by Crippen LogP contribution is -2.44. The number of rotatable bonds is 5. The van der Waals surface area contributed by atoms with Crippen molar-refractivity contribution in [1.82, 2.24) is 9.62 Å². The van der Waals surface area contributed by atoms with Crippen LogP contribution >= 0.6 is 23.2 Å². The number of fused-ring (bicyclic) bond motifs is 1. The molecule has 0 bridgehead atoms. The standard InChI is InChI=1S/C23H26Cl2N2O3S/c24-19-9-8-18(21(25)14-19)15-31(29,30)27-12-10-17(11-13-27)23(28)26-22-7-3-5-16-4-1-2-6-20(16)22/h1-2,4,6,8-9,14,17,22H,3,5,7,10-13,15H2,(H,26,28). The first-order valence-electron chi connectivity index (χ1n) is 10.6. The summed E-state index contributed by atoms with van der Waals surface area (Å²) in [7, 11) is -3.51. The maximum atomic E-state index is 12.9. The Morgan fingerprint density at radius 2 is 1.81 bits per heavy atom. The monoisotopic (exact) mass is 480 g/mol. The highest BCUT2D eigenvalue weighted by Gasteiger charge is 2.33. The summed E-state index contributed by atoms with van der Waals surface area (Å²) in [6.07, 6.45) is 4.10. The molecule has 4 rings (SSSR count). The average molecular weight is 481 g/mol. The number of hydrogen-bond donors (Lipinski definition) is 1. The van der Waals surface area contributed by atoms with Crippen LogP contribution in [0.4, 0.5) is 0 Å². The molecule has 8 heteroatoms. The fourth-order valence-electron chi connectivity index (χ4n) is 4.52. The fourth-order valence-corrected chi connectivity index (χ4v) is 6.67. The Hall–Kier alpha value is -1.60. The Labute approximate surface area is 193 Å². The third kappa shape index (κ3) is 5.25. The minimum atomic E-state index is -3.51. The number of carbonyl (C=O) groups excluding carboxylic acids is 1. The highest BCUT2D eigenvalue weighted by atomic mass is 35.5. The van der Waals surface area contributed by atoms with Gasteiger partial charge in [0.25, 0.3) is 0 Å². The number of piperidine rings is 1. The van der Waals surface area contributed by atoms with Crippen LogP contribution in [-0.4, -0.2) is 31.7 Å². The highest BCUT2D eigenvalue weighted by molar-refractivity contribution is 7.88. The molecule has 166 valence electrons. The molecule has 1 atom stereocenters. The number of hydrogen-bond acceptors (Lipinski definition) is 3. The zero-order chi connectivity index (χ0) is 22.0. The number of aryl methyl sites for hydroxylation is 1. The molecule has 5 nitrogen and oxygen atoms in total. The van der Waals surface area contributed by atoms with Crippen molar-refractivity contribution >= 4 is 39.1 Å². The summed E-state index contributed by atoms with van der Waals surface area (Å²) in [6, 6.07) is 13.2. The van der Waals surface area contributed by atoms with Crippen molar-refractivity contribution in [2.45, 2.75) is 43.9 Å². The minimum absolute atomic E-state index is 0.0273. The summed E-state index contributed by atoms with van der Waals surface area (Å²) in [4.78, 5) is 12.9. The first kappa shape index (κ1) is 22.6. The van der Waals surface area contributed by atoms with Crippen molar-refractivity contribution in [3.8, 4) is 0 Å². The topological polar surface area (TPSA) is 66.5 Å². The van der Waals surface area contributed by atoms with Gasteiger partial charge in [-0.1, -0.05) is 53.5 Å². The van der Waals surface area contributed by atoms with Gasteiger partial charge in [-0.25, -0.2) is 12.7 Å². The average Bonchev–Trinajstić information content (AvgIpc) is 2.76. The van der Waals surface area contributed by atoms with E-state index in [2.05, 4.69) is 17.4 Å². The molecule has 1 aliphatic heterocycles. The van der Waals surface area contributed by atoms with Gasteiger partial charge in [0.15, 0.2) is 0 Å². The van der Waals surface area contributed by atoms with Gasteiger partial charge < -0.3 is 5.32 Å². The molecule has 1 aliphatic carbocycles. The zero-order valence-corrected chi connectivity index (χ0v) is 19.5. The maximum Gasteiger partial charge on any atom is 0.223 e. The fraction of sp³-hybridized carbons (Fsp3) is 0.435. The molecule has 2 aromatic rings. The van der Waals surface area contributed by atoms with Crippen molar-refractivity contribution in [3.05, 3.63) is 69.2 Å². The van der Waals surface area contributed by atoms with Gasteiger partial charge in [0.05, 0.1) is 11.8 Å². The van der Waals surface area contributed by atoms with E-state index in [1.165, 1.54) is 15.4 Å². The van der Waals surface area contributed by atoms with Crippen molar-refractivity contribution in [3.63, 3.8) is 0 Å². The van der Waals surface area contributed by atoms with Gasteiger partial charge in [-0.05, 0) is 60.9 Å². The summed E-state index contributed by atoms with van der Waals surface area (Å²) in [5, 5.41) is 4.03. The summed E-state index contributed by atoms with van der Waals surface area (Å²) >= 11 is 12.0. The molecule has 1 saturated heterocycles. The predicted molar refractivity (Wildman–Crippen MR) is 124 cm³/mol. The lowest BCUT2D eigenvalue weighted by molar-refractivity contribution is -0.127. The van der Waals surface area contributed by atoms with E-state index in [0.29, 0.717) is 41.5 Å². The third-order valence-corrected chi connectivity index (χ3v) is 8.67. The largest absolute Gasteiger partial charge is 0.349 e. The Morgan fingerprint density at radius 3 is 2.55 bits per heavy atom. The normalized spacial score (nSPS) is 20.3. The summed E-state index contributed by atoms with van der Waals surface area (Å²) in [5.41, 5.74) is 3.05. The van der Waals surface area contributed by atoms with Crippen LogP contribution in [0.5, 0.6) is 0 Å². The summed E-state index contributed by atoms with van der Waals surface area (Å²) < 4.78 is 27.2. The van der Waals surface area contributed by atoms with Crippen LogP contribution in [0.3, 0.4) is 0 Å². The Balaban J connectivity index is 1.34. The van der Waals surface area contributed by atoms with Crippen LogP contribution in [0.2, 0.25) is 10.0 Å². The zero-order valence-electron chi connectivity index (χ0n) is 17.2. The van der Waals surface area contributed by atoms with Crippen molar-refractivity contribution in [1.29, 1.82) is 0 Å². The molecular formula is C23H26Cl2N2O3S. The molecule has 0 saturated carbocycles. The Bertz CT molecular complexity index is 1070. The number of nitrogens with one attached hydrogen (secondary N) is 1. The van der Waals surface area contributed by atoms with Crippen molar-refractivity contribution in [2.75, 3.05) is 13.1 Å². The number of sulfonamides is 1. The Kier molecular flexibility index (Phi) is 6.92. The third-order valence-electron chi connectivity index (χ3n) is 6.26. The SMILES string of the molecule is O=C(NC1CCCc2ccccc21)C1CCN(S(=O)(=O)Cc2ccc(Cl)cc2Cl)CC1. The molecule has 2 aliphatic rings. The lowest BCUT2D eigenvalue weighted by Gasteiger charge is -2.32. The molecule has 1 N–H and O–H groups in total. The molecule has 0 spiro atoms. The van der Waals surface area contributed by atoms with E-state index in [-0.39, 0.29) is 23.6 Å². The predicted octanol–water partition coefficient (Wildman–Crippen LogP) is 4.73. The molecule has 31 heavy (non-hydrogen) atoms. The van der Waals surface area contributed by atoms with Crippen LogP contribution < -0.4 is 5.32 Å². The first-order chi connectivity index (χ1) is 14.8. The Morgan fingerprint density at radius 1 is 1.06 bits per heavy atom. The smallest absolute Gasteiger partial charge is 0.223 e. The van der Waals surface area contributed by atoms with E-state index in [9.17, 15) is 13.2 Å². The number of amides is 1. The molecule has 1 amide bonds. The quantitative estimate of drug-likeness (QED) is 0.672. The number of benzene rings is 2. The van der Waals surface area contributed by atoms with Gasteiger partial charge in [0, 0.05) is 29.1 Å². The van der Waals surface area contributed by atoms with Gasteiger partial charge in [-0.15, -0.1) is 0 Å².